The van der Waals surface area contributed by atoms with E-state index in [-0.39, 0.29) is 12.1 Å². The van der Waals surface area contributed by atoms with Gasteiger partial charge in [0.2, 0.25) is 0 Å². The number of hydrogen-bond donors (Lipinski definition) is 2. The van der Waals surface area contributed by atoms with Gasteiger partial charge in [-0.2, -0.15) is 0 Å². The van der Waals surface area contributed by atoms with Crippen LogP contribution in [0.4, 0.5) is 0 Å². The first-order chi connectivity index (χ1) is 7.20. The SMILES string of the molecule is CC(C)OCC(NN)C1CC2CCC1O2. The first kappa shape index (κ1) is 11.3. The molecule has 4 unspecified atom stereocenters. The number of fused-ring (bicyclic) bond motifs is 2. The van der Waals surface area contributed by atoms with Crippen molar-refractivity contribution in [2.75, 3.05) is 6.61 Å². The van der Waals surface area contributed by atoms with Crippen molar-refractivity contribution < 1.29 is 9.47 Å². The highest BCUT2D eigenvalue weighted by molar-refractivity contribution is 4.94. The molecule has 2 aliphatic heterocycles. The van der Waals surface area contributed by atoms with E-state index in [2.05, 4.69) is 5.43 Å². The summed E-state index contributed by atoms with van der Waals surface area (Å²) >= 11 is 0. The molecule has 0 radical (unpaired) electrons. The van der Waals surface area contributed by atoms with Gasteiger partial charge in [-0.3, -0.25) is 11.3 Å². The van der Waals surface area contributed by atoms with Crippen LogP contribution in [0.3, 0.4) is 0 Å². The normalized spacial score (nSPS) is 36.4. The number of ether oxygens (including phenoxy) is 2. The summed E-state index contributed by atoms with van der Waals surface area (Å²) in [4.78, 5) is 0. The van der Waals surface area contributed by atoms with E-state index in [0.717, 1.165) is 6.42 Å². The van der Waals surface area contributed by atoms with Gasteiger partial charge in [0.1, 0.15) is 0 Å². The lowest BCUT2D eigenvalue weighted by Gasteiger charge is -2.28. The van der Waals surface area contributed by atoms with Gasteiger partial charge >= 0.3 is 0 Å². The summed E-state index contributed by atoms with van der Waals surface area (Å²) in [5.41, 5.74) is 2.88. The Morgan fingerprint density at radius 2 is 2.27 bits per heavy atom. The van der Waals surface area contributed by atoms with E-state index < -0.39 is 0 Å². The van der Waals surface area contributed by atoms with E-state index in [4.69, 9.17) is 15.3 Å². The fraction of sp³-hybridized carbons (Fsp3) is 1.00. The molecule has 2 rings (SSSR count). The monoisotopic (exact) mass is 214 g/mol. The van der Waals surface area contributed by atoms with Crippen LogP contribution in [0.1, 0.15) is 33.1 Å². The van der Waals surface area contributed by atoms with E-state index in [1.807, 2.05) is 13.8 Å². The minimum atomic E-state index is 0.239. The zero-order chi connectivity index (χ0) is 10.8. The molecule has 2 saturated heterocycles. The number of hydrogen-bond acceptors (Lipinski definition) is 4. The molecule has 2 bridgehead atoms. The predicted octanol–water partition coefficient (Wildman–Crippen LogP) is 0.811. The van der Waals surface area contributed by atoms with Gasteiger partial charge < -0.3 is 9.47 Å². The Morgan fingerprint density at radius 3 is 2.73 bits per heavy atom. The summed E-state index contributed by atoms with van der Waals surface area (Å²) in [6.07, 6.45) is 4.71. The molecule has 0 saturated carbocycles. The molecule has 4 heteroatoms. The van der Waals surface area contributed by atoms with E-state index in [1.165, 1.54) is 12.8 Å². The Bertz CT molecular complexity index is 211. The van der Waals surface area contributed by atoms with Crippen LogP contribution >= 0.6 is 0 Å². The van der Waals surface area contributed by atoms with Crippen LogP contribution in [0, 0.1) is 5.92 Å². The molecule has 0 aliphatic carbocycles. The van der Waals surface area contributed by atoms with Crippen molar-refractivity contribution in [1.82, 2.24) is 5.43 Å². The van der Waals surface area contributed by atoms with Crippen LogP contribution in [-0.2, 0) is 9.47 Å². The summed E-state index contributed by atoms with van der Waals surface area (Å²) in [5, 5.41) is 0. The molecule has 0 aromatic carbocycles. The smallest absolute Gasteiger partial charge is 0.0640 e. The van der Waals surface area contributed by atoms with Gasteiger partial charge in [-0.05, 0) is 33.1 Å². The summed E-state index contributed by atoms with van der Waals surface area (Å²) < 4.78 is 11.4. The zero-order valence-electron chi connectivity index (χ0n) is 9.61. The molecule has 88 valence electrons. The molecule has 2 heterocycles. The van der Waals surface area contributed by atoms with Crippen LogP contribution in [-0.4, -0.2) is 31.0 Å². The van der Waals surface area contributed by atoms with Crippen molar-refractivity contribution in [3.63, 3.8) is 0 Å². The van der Waals surface area contributed by atoms with Crippen LogP contribution < -0.4 is 11.3 Å². The highest BCUT2D eigenvalue weighted by Gasteiger charge is 2.44. The summed E-state index contributed by atoms with van der Waals surface area (Å²) in [6.45, 7) is 4.78. The fourth-order valence-electron chi connectivity index (χ4n) is 2.69. The van der Waals surface area contributed by atoms with E-state index in [9.17, 15) is 0 Å². The second-order valence-electron chi connectivity index (χ2n) is 4.93. The number of nitrogens with two attached hydrogens (primary N) is 1. The molecule has 4 nitrogen and oxygen atoms in total. The molecule has 0 spiro atoms. The lowest BCUT2D eigenvalue weighted by Crippen LogP contribution is -2.47. The summed E-state index contributed by atoms with van der Waals surface area (Å²) in [6, 6.07) is 0.239. The van der Waals surface area contributed by atoms with Crippen molar-refractivity contribution in [3.05, 3.63) is 0 Å². The molecular weight excluding hydrogens is 192 g/mol. The quantitative estimate of drug-likeness (QED) is 0.525. The van der Waals surface area contributed by atoms with Gasteiger partial charge in [0.05, 0.1) is 24.9 Å². The van der Waals surface area contributed by atoms with Gasteiger partial charge in [-0.1, -0.05) is 0 Å². The maximum absolute atomic E-state index is 5.82. The number of rotatable bonds is 5. The van der Waals surface area contributed by atoms with Crippen LogP contribution in [0.5, 0.6) is 0 Å². The third-order valence-corrected chi connectivity index (χ3v) is 3.49. The number of nitrogens with one attached hydrogen (secondary N) is 1. The Hall–Kier alpha value is -0.160. The highest BCUT2D eigenvalue weighted by atomic mass is 16.5. The molecule has 15 heavy (non-hydrogen) atoms. The standard InChI is InChI=1S/C11H22N2O2/c1-7(2)14-6-10(13-12)9-5-8-3-4-11(9)15-8/h7-11,13H,3-6,12H2,1-2H3. The third-order valence-electron chi connectivity index (χ3n) is 3.49. The van der Waals surface area contributed by atoms with Crippen LogP contribution in [0.25, 0.3) is 0 Å². The van der Waals surface area contributed by atoms with Gasteiger partial charge in [0.15, 0.2) is 0 Å². The molecule has 0 aromatic rings. The largest absolute Gasteiger partial charge is 0.377 e. The average Bonchev–Trinajstić information content (AvgIpc) is 2.79. The maximum Gasteiger partial charge on any atom is 0.0640 e. The maximum atomic E-state index is 5.82. The second kappa shape index (κ2) is 4.78. The Morgan fingerprint density at radius 1 is 1.47 bits per heavy atom. The van der Waals surface area contributed by atoms with Gasteiger partial charge in [0.25, 0.3) is 0 Å². The molecule has 3 N–H and O–H groups in total. The Kier molecular flexibility index (Phi) is 3.61. The van der Waals surface area contributed by atoms with E-state index in [1.54, 1.807) is 0 Å². The van der Waals surface area contributed by atoms with Gasteiger partial charge in [0, 0.05) is 12.0 Å². The van der Waals surface area contributed by atoms with Gasteiger partial charge in [-0.15, -0.1) is 0 Å². The highest BCUT2D eigenvalue weighted by Crippen LogP contribution is 2.40. The predicted molar refractivity (Wildman–Crippen MR) is 58.2 cm³/mol. The first-order valence-electron chi connectivity index (χ1n) is 5.94. The lowest BCUT2D eigenvalue weighted by atomic mass is 9.84. The topological polar surface area (TPSA) is 56.5 Å². The molecule has 2 fully saturated rings. The zero-order valence-corrected chi connectivity index (χ0v) is 9.61. The van der Waals surface area contributed by atoms with E-state index >= 15 is 0 Å². The molecule has 0 amide bonds. The number of hydrazine groups is 1. The summed E-state index contributed by atoms with van der Waals surface area (Å²) in [5.74, 6) is 6.12. The molecule has 4 atom stereocenters. The van der Waals surface area contributed by atoms with Crippen molar-refractivity contribution in [2.45, 2.75) is 57.5 Å². The minimum Gasteiger partial charge on any atom is -0.377 e. The second-order valence-corrected chi connectivity index (χ2v) is 4.93. The minimum absolute atomic E-state index is 0.239. The first-order valence-corrected chi connectivity index (χ1v) is 5.94. The molecule has 2 aliphatic rings. The van der Waals surface area contributed by atoms with E-state index in [0.29, 0.717) is 24.7 Å². The van der Waals surface area contributed by atoms with Crippen molar-refractivity contribution >= 4 is 0 Å². The van der Waals surface area contributed by atoms with Crippen molar-refractivity contribution in [1.29, 1.82) is 0 Å². The van der Waals surface area contributed by atoms with Crippen molar-refractivity contribution in [3.8, 4) is 0 Å². The summed E-state index contributed by atoms with van der Waals surface area (Å²) in [7, 11) is 0. The van der Waals surface area contributed by atoms with Crippen molar-refractivity contribution in [2.24, 2.45) is 11.8 Å². The average molecular weight is 214 g/mol. The van der Waals surface area contributed by atoms with Crippen LogP contribution in [0.2, 0.25) is 0 Å². The van der Waals surface area contributed by atoms with Gasteiger partial charge in [-0.25, -0.2) is 0 Å². The molecule has 0 aromatic heterocycles. The Labute approximate surface area is 91.5 Å². The third kappa shape index (κ3) is 2.50. The van der Waals surface area contributed by atoms with Crippen LogP contribution in [0.15, 0.2) is 0 Å². The lowest BCUT2D eigenvalue weighted by molar-refractivity contribution is 0.0315. The molecular formula is C11H22N2O2. The Balaban J connectivity index is 1.84. The fourth-order valence-corrected chi connectivity index (χ4v) is 2.69.